The number of benzene rings is 1. The highest BCUT2D eigenvalue weighted by atomic mass is 16.5. The second-order valence-corrected chi connectivity index (χ2v) is 5.45. The number of hydrogen-bond donors (Lipinski definition) is 1. The minimum atomic E-state index is -0.603. The van der Waals surface area contributed by atoms with Gasteiger partial charge in [-0.05, 0) is 24.3 Å². The van der Waals surface area contributed by atoms with Crippen LogP contribution in [-0.4, -0.2) is 29.0 Å². The maximum absolute atomic E-state index is 12.0. The number of para-hydroxylation sites is 1. The van der Waals surface area contributed by atoms with E-state index in [1.165, 1.54) is 19.2 Å². The minimum absolute atomic E-state index is 0.0384. The number of furan rings is 1. The zero-order valence-corrected chi connectivity index (χ0v) is 14.0. The van der Waals surface area contributed by atoms with Gasteiger partial charge in [0.25, 0.3) is 5.56 Å². The Bertz CT molecular complexity index is 1000. The number of nitrogens with zero attached hydrogens (tertiary/aromatic N) is 1. The summed E-state index contributed by atoms with van der Waals surface area (Å²) in [6.07, 6.45) is 0.288. The average molecular weight is 356 g/mol. The molecule has 8 nitrogen and oxygen atoms in total. The SMILES string of the molecule is COC(=O)c1ccc(COC(=O)CCc2nc3ccccc3c(=O)[nH]2)o1. The summed E-state index contributed by atoms with van der Waals surface area (Å²) in [6.45, 7) is -0.0997. The monoisotopic (exact) mass is 356 g/mol. The number of aryl methyl sites for hydroxylation is 1. The number of esters is 2. The second kappa shape index (κ2) is 7.64. The Hall–Kier alpha value is -3.42. The first-order valence-corrected chi connectivity index (χ1v) is 7.87. The van der Waals surface area contributed by atoms with Gasteiger partial charge in [-0.2, -0.15) is 0 Å². The van der Waals surface area contributed by atoms with Crippen LogP contribution in [0.1, 0.15) is 28.6 Å². The van der Waals surface area contributed by atoms with Gasteiger partial charge in [-0.25, -0.2) is 9.78 Å². The number of aromatic amines is 1. The molecule has 0 aliphatic heterocycles. The molecule has 0 bridgehead atoms. The van der Waals surface area contributed by atoms with Crippen molar-refractivity contribution in [3.05, 3.63) is 64.1 Å². The minimum Gasteiger partial charge on any atom is -0.463 e. The van der Waals surface area contributed by atoms with Crippen molar-refractivity contribution in [3.8, 4) is 0 Å². The van der Waals surface area contributed by atoms with E-state index in [2.05, 4.69) is 14.7 Å². The summed E-state index contributed by atoms with van der Waals surface area (Å²) in [6, 6.07) is 9.95. The molecule has 0 saturated carbocycles. The van der Waals surface area contributed by atoms with Crippen molar-refractivity contribution in [2.45, 2.75) is 19.4 Å². The molecule has 134 valence electrons. The van der Waals surface area contributed by atoms with Crippen LogP contribution >= 0.6 is 0 Å². The Balaban J connectivity index is 1.55. The quantitative estimate of drug-likeness (QED) is 0.672. The zero-order chi connectivity index (χ0) is 18.5. The molecule has 0 aliphatic carbocycles. The third-order valence-electron chi connectivity index (χ3n) is 3.65. The number of rotatable bonds is 6. The van der Waals surface area contributed by atoms with Gasteiger partial charge >= 0.3 is 11.9 Å². The van der Waals surface area contributed by atoms with Crippen molar-refractivity contribution in [2.24, 2.45) is 0 Å². The molecule has 1 aromatic carbocycles. The predicted octanol–water partition coefficient (Wildman–Crippen LogP) is 1.98. The topological polar surface area (TPSA) is 111 Å². The van der Waals surface area contributed by atoms with Crippen molar-refractivity contribution >= 4 is 22.8 Å². The Morgan fingerprint density at radius 1 is 1.19 bits per heavy atom. The summed E-state index contributed by atoms with van der Waals surface area (Å²) in [5.74, 6) is -0.296. The number of ether oxygens (including phenoxy) is 2. The van der Waals surface area contributed by atoms with Crippen molar-refractivity contribution in [1.29, 1.82) is 0 Å². The molecule has 0 saturated heterocycles. The molecule has 3 rings (SSSR count). The van der Waals surface area contributed by atoms with Crippen molar-refractivity contribution < 1.29 is 23.5 Å². The van der Waals surface area contributed by atoms with Gasteiger partial charge in [0, 0.05) is 6.42 Å². The van der Waals surface area contributed by atoms with Crippen LogP contribution in [0.4, 0.5) is 0 Å². The lowest BCUT2D eigenvalue weighted by Crippen LogP contribution is -2.13. The third kappa shape index (κ3) is 3.97. The van der Waals surface area contributed by atoms with Crippen LogP contribution in [0.15, 0.2) is 45.6 Å². The van der Waals surface area contributed by atoms with Gasteiger partial charge in [0.05, 0.1) is 24.4 Å². The molecule has 2 aromatic heterocycles. The van der Waals surface area contributed by atoms with E-state index in [0.717, 1.165) is 0 Å². The van der Waals surface area contributed by atoms with E-state index in [-0.39, 0.29) is 30.8 Å². The highest BCUT2D eigenvalue weighted by molar-refractivity contribution is 5.86. The first kappa shape index (κ1) is 17.4. The summed E-state index contributed by atoms with van der Waals surface area (Å²) in [7, 11) is 1.25. The molecule has 0 unspecified atom stereocenters. The van der Waals surface area contributed by atoms with Crippen LogP contribution < -0.4 is 5.56 Å². The molecular weight excluding hydrogens is 340 g/mol. The highest BCUT2D eigenvalue weighted by Gasteiger charge is 2.13. The average Bonchev–Trinajstić information content (AvgIpc) is 3.13. The normalized spacial score (nSPS) is 10.7. The molecule has 0 atom stereocenters. The van der Waals surface area contributed by atoms with Gasteiger partial charge in [-0.15, -0.1) is 0 Å². The molecule has 26 heavy (non-hydrogen) atoms. The predicted molar refractivity (Wildman–Crippen MR) is 90.5 cm³/mol. The van der Waals surface area contributed by atoms with Crippen LogP contribution in [0.2, 0.25) is 0 Å². The summed E-state index contributed by atoms with van der Waals surface area (Å²) in [5.41, 5.74) is 0.329. The van der Waals surface area contributed by atoms with Crippen LogP contribution in [0, 0.1) is 0 Å². The van der Waals surface area contributed by atoms with E-state index in [1.54, 1.807) is 24.3 Å². The van der Waals surface area contributed by atoms with Gasteiger partial charge < -0.3 is 18.9 Å². The third-order valence-corrected chi connectivity index (χ3v) is 3.65. The fourth-order valence-electron chi connectivity index (χ4n) is 2.36. The lowest BCUT2D eigenvalue weighted by Gasteiger charge is -2.04. The Labute approximate surface area is 147 Å². The van der Waals surface area contributed by atoms with E-state index in [0.29, 0.717) is 22.5 Å². The second-order valence-electron chi connectivity index (χ2n) is 5.45. The summed E-state index contributed by atoms with van der Waals surface area (Å²) >= 11 is 0. The number of hydrogen-bond acceptors (Lipinski definition) is 7. The maximum atomic E-state index is 12.0. The van der Waals surface area contributed by atoms with E-state index in [9.17, 15) is 14.4 Å². The number of nitrogens with one attached hydrogen (secondary N) is 1. The Kier molecular flexibility index (Phi) is 5.12. The molecule has 0 fully saturated rings. The van der Waals surface area contributed by atoms with Gasteiger partial charge in [-0.1, -0.05) is 12.1 Å². The molecule has 0 radical (unpaired) electrons. The smallest absolute Gasteiger partial charge is 0.373 e. The molecule has 8 heteroatoms. The van der Waals surface area contributed by atoms with E-state index in [4.69, 9.17) is 9.15 Å². The van der Waals surface area contributed by atoms with Crippen LogP contribution in [0.5, 0.6) is 0 Å². The van der Waals surface area contributed by atoms with Gasteiger partial charge in [0.15, 0.2) is 0 Å². The zero-order valence-electron chi connectivity index (χ0n) is 14.0. The maximum Gasteiger partial charge on any atom is 0.373 e. The van der Waals surface area contributed by atoms with Gasteiger partial charge in [0.1, 0.15) is 18.2 Å². The first-order chi connectivity index (χ1) is 12.6. The lowest BCUT2D eigenvalue weighted by molar-refractivity contribution is -0.145. The molecule has 2 heterocycles. The van der Waals surface area contributed by atoms with Gasteiger partial charge in [0.2, 0.25) is 5.76 Å². The van der Waals surface area contributed by atoms with Crippen molar-refractivity contribution in [3.63, 3.8) is 0 Å². The fourth-order valence-corrected chi connectivity index (χ4v) is 2.36. The number of aromatic nitrogens is 2. The molecule has 0 aliphatic rings. The van der Waals surface area contributed by atoms with E-state index < -0.39 is 11.9 Å². The number of H-pyrrole nitrogens is 1. The molecule has 1 N–H and O–H groups in total. The van der Waals surface area contributed by atoms with Crippen LogP contribution in [-0.2, 0) is 27.3 Å². The Morgan fingerprint density at radius 2 is 2.00 bits per heavy atom. The molecule has 3 aromatic rings. The van der Waals surface area contributed by atoms with E-state index in [1.807, 2.05) is 0 Å². The number of methoxy groups -OCH3 is 1. The summed E-state index contributed by atoms with van der Waals surface area (Å²) in [4.78, 5) is 42.1. The fraction of sp³-hybridized carbons (Fsp3) is 0.222. The lowest BCUT2D eigenvalue weighted by atomic mass is 10.2. The number of carbonyl (C=O) groups is 2. The first-order valence-electron chi connectivity index (χ1n) is 7.87. The number of carbonyl (C=O) groups excluding carboxylic acids is 2. The van der Waals surface area contributed by atoms with Gasteiger partial charge in [-0.3, -0.25) is 9.59 Å². The highest BCUT2D eigenvalue weighted by Crippen LogP contribution is 2.11. The summed E-state index contributed by atoms with van der Waals surface area (Å²) < 4.78 is 14.8. The van der Waals surface area contributed by atoms with Crippen molar-refractivity contribution in [1.82, 2.24) is 9.97 Å². The standard InChI is InChI=1S/C18H16N2O6/c1-24-18(23)14-7-6-11(26-14)10-25-16(21)9-8-15-19-13-5-3-2-4-12(13)17(22)20-15/h2-7H,8-10H2,1H3,(H,19,20,22). The largest absolute Gasteiger partial charge is 0.463 e. The van der Waals surface area contributed by atoms with Crippen molar-refractivity contribution in [2.75, 3.05) is 7.11 Å². The molecule has 0 amide bonds. The molecular formula is C18H16N2O6. The summed E-state index contributed by atoms with van der Waals surface area (Å²) in [5, 5.41) is 0.498. The molecule has 0 spiro atoms. The van der Waals surface area contributed by atoms with E-state index >= 15 is 0 Å². The van der Waals surface area contributed by atoms with Crippen LogP contribution in [0.25, 0.3) is 10.9 Å². The Morgan fingerprint density at radius 3 is 2.81 bits per heavy atom. The number of fused-ring (bicyclic) bond motifs is 1. The van der Waals surface area contributed by atoms with Crippen LogP contribution in [0.3, 0.4) is 0 Å².